The minimum Gasteiger partial charge on any atom is -0.300 e. The quantitative estimate of drug-likeness (QED) is 0.576. The lowest BCUT2D eigenvalue weighted by Crippen LogP contribution is -2.13. The molecule has 0 rings (SSSR count). The second-order valence-corrected chi connectivity index (χ2v) is 4.10. The van der Waals surface area contributed by atoms with E-state index < -0.39 is 0 Å². The van der Waals surface area contributed by atoms with Gasteiger partial charge in [0.25, 0.3) is 0 Å². The van der Waals surface area contributed by atoms with Crippen LogP contribution in [0.2, 0.25) is 0 Å². The number of carbonyl (C=O) groups is 1. The predicted molar refractivity (Wildman–Crippen MR) is 53.1 cm³/mol. The van der Waals surface area contributed by atoms with Gasteiger partial charge in [0.05, 0.1) is 0 Å². The van der Waals surface area contributed by atoms with Gasteiger partial charge in [0.2, 0.25) is 0 Å². The smallest absolute Gasteiger partial charge is 0.133 e. The fourth-order valence-corrected chi connectivity index (χ4v) is 1.38. The second kappa shape index (κ2) is 5.13. The van der Waals surface area contributed by atoms with Gasteiger partial charge in [-0.3, -0.25) is 4.79 Å². The molecule has 0 saturated heterocycles. The third-order valence-corrected chi connectivity index (χ3v) is 1.93. The summed E-state index contributed by atoms with van der Waals surface area (Å²) in [5.41, 5.74) is 1.11. The normalized spacial score (nSPS) is 13.1. The molecule has 70 valence electrons. The fourth-order valence-electron chi connectivity index (χ4n) is 1.38. The Bertz CT molecular complexity index is 168. The average molecular weight is 168 g/mol. The summed E-state index contributed by atoms with van der Waals surface area (Å²) in [5.74, 6) is 1.09. The first-order chi connectivity index (χ1) is 5.43. The Kier molecular flexibility index (Phi) is 4.87. The summed E-state index contributed by atoms with van der Waals surface area (Å²) in [6.07, 6.45) is 1.84. The van der Waals surface area contributed by atoms with Crippen LogP contribution in [-0.2, 0) is 4.79 Å². The van der Waals surface area contributed by atoms with E-state index in [2.05, 4.69) is 20.4 Å². The van der Waals surface area contributed by atoms with E-state index >= 15 is 0 Å². The maximum absolute atomic E-state index is 11.2. The van der Waals surface area contributed by atoms with Gasteiger partial charge >= 0.3 is 0 Å². The molecule has 0 aliphatic heterocycles. The Morgan fingerprint density at radius 2 is 1.83 bits per heavy atom. The highest BCUT2D eigenvalue weighted by Gasteiger charge is 2.15. The second-order valence-electron chi connectivity index (χ2n) is 4.10. The maximum atomic E-state index is 11.2. The molecular formula is C11H20O. The number of carbonyl (C=O) groups excluding carboxylic acids is 1. The Hall–Kier alpha value is -0.590. The molecule has 0 amide bonds. The fraction of sp³-hybridized carbons (Fsp3) is 0.727. The van der Waals surface area contributed by atoms with Crippen molar-refractivity contribution in [3.05, 3.63) is 12.2 Å². The van der Waals surface area contributed by atoms with Crippen LogP contribution in [0.3, 0.4) is 0 Å². The highest BCUT2D eigenvalue weighted by molar-refractivity contribution is 5.78. The number of hydrogen-bond acceptors (Lipinski definition) is 1. The number of Topliss-reactive ketones (excluding diaryl/α,β-unsaturated/α-hetero) is 1. The molecule has 0 aromatic heterocycles. The molecule has 0 aliphatic rings. The Morgan fingerprint density at radius 3 is 2.08 bits per heavy atom. The molecule has 0 aliphatic carbocycles. The van der Waals surface area contributed by atoms with Crippen LogP contribution in [0.5, 0.6) is 0 Å². The molecule has 0 bridgehead atoms. The summed E-state index contributed by atoms with van der Waals surface area (Å²) in [6, 6.07) is 0. The van der Waals surface area contributed by atoms with Crippen molar-refractivity contribution in [2.75, 3.05) is 0 Å². The van der Waals surface area contributed by atoms with Gasteiger partial charge in [0, 0.05) is 5.92 Å². The summed E-state index contributed by atoms with van der Waals surface area (Å²) < 4.78 is 0. The molecule has 1 heteroatoms. The van der Waals surface area contributed by atoms with E-state index in [9.17, 15) is 4.79 Å². The van der Waals surface area contributed by atoms with Crippen LogP contribution >= 0.6 is 0 Å². The maximum Gasteiger partial charge on any atom is 0.133 e. The molecule has 0 N–H and O–H groups in total. The Balaban J connectivity index is 4.04. The van der Waals surface area contributed by atoms with Crippen molar-refractivity contribution >= 4 is 5.78 Å². The Morgan fingerprint density at radius 1 is 1.33 bits per heavy atom. The average Bonchev–Trinajstić information content (AvgIpc) is 1.83. The molecule has 0 saturated carbocycles. The van der Waals surface area contributed by atoms with E-state index in [1.807, 2.05) is 6.92 Å². The SMILES string of the molecule is C=C(C)CC(CC(C)C)C(C)=O. The van der Waals surface area contributed by atoms with Crippen molar-refractivity contribution in [1.29, 1.82) is 0 Å². The van der Waals surface area contributed by atoms with E-state index in [1.54, 1.807) is 6.92 Å². The zero-order chi connectivity index (χ0) is 9.72. The third kappa shape index (κ3) is 5.11. The van der Waals surface area contributed by atoms with Gasteiger partial charge in [0.1, 0.15) is 5.78 Å². The molecule has 1 unspecified atom stereocenters. The monoisotopic (exact) mass is 168 g/mol. The summed E-state index contributed by atoms with van der Waals surface area (Å²) in [6.45, 7) is 11.8. The molecule has 0 aromatic carbocycles. The van der Waals surface area contributed by atoms with Gasteiger partial charge < -0.3 is 0 Å². The lowest BCUT2D eigenvalue weighted by Gasteiger charge is -2.15. The van der Waals surface area contributed by atoms with Crippen LogP contribution < -0.4 is 0 Å². The van der Waals surface area contributed by atoms with Gasteiger partial charge in [-0.1, -0.05) is 19.4 Å². The molecule has 1 nitrogen and oxygen atoms in total. The summed E-state index contributed by atoms with van der Waals surface area (Å²) in [7, 11) is 0. The van der Waals surface area contributed by atoms with E-state index in [0.29, 0.717) is 11.7 Å². The lowest BCUT2D eigenvalue weighted by atomic mass is 9.89. The first-order valence-electron chi connectivity index (χ1n) is 4.58. The molecule has 1 atom stereocenters. The van der Waals surface area contributed by atoms with Crippen LogP contribution in [-0.4, -0.2) is 5.78 Å². The van der Waals surface area contributed by atoms with Gasteiger partial charge in [-0.15, -0.1) is 6.58 Å². The minimum atomic E-state index is 0.197. The standard InChI is InChI=1S/C11H20O/c1-8(2)6-11(10(5)12)7-9(3)4/h9,11H,1,6-7H2,2-5H3. The molecule has 0 spiro atoms. The highest BCUT2D eigenvalue weighted by atomic mass is 16.1. The zero-order valence-electron chi connectivity index (χ0n) is 8.68. The van der Waals surface area contributed by atoms with Crippen molar-refractivity contribution in [2.45, 2.75) is 40.5 Å². The van der Waals surface area contributed by atoms with Crippen LogP contribution in [0, 0.1) is 11.8 Å². The van der Waals surface area contributed by atoms with E-state index in [-0.39, 0.29) is 5.92 Å². The van der Waals surface area contributed by atoms with Crippen molar-refractivity contribution in [1.82, 2.24) is 0 Å². The summed E-state index contributed by atoms with van der Waals surface area (Å²) in [4.78, 5) is 11.2. The number of allylic oxidation sites excluding steroid dienone is 1. The Labute approximate surface area is 75.9 Å². The van der Waals surface area contributed by atoms with Crippen LogP contribution in [0.1, 0.15) is 40.5 Å². The summed E-state index contributed by atoms with van der Waals surface area (Å²) >= 11 is 0. The van der Waals surface area contributed by atoms with Crippen LogP contribution in [0.15, 0.2) is 12.2 Å². The lowest BCUT2D eigenvalue weighted by molar-refractivity contribution is -0.121. The summed E-state index contributed by atoms with van der Waals surface area (Å²) in [5, 5.41) is 0. The zero-order valence-corrected chi connectivity index (χ0v) is 8.68. The number of rotatable bonds is 5. The van der Waals surface area contributed by atoms with E-state index in [4.69, 9.17) is 0 Å². The van der Waals surface area contributed by atoms with Gasteiger partial charge in [-0.05, 0) is 32.6 Å². The van der Waals surface area contributed by atoms with E-state index in [1.165, 1.54) is 0 Å². The molecule has 0 heterocycles. The topological polar surface area (TPSA) is 17.1 Å². The molecule has 0 radical (unpaired) electrons. The van der Waals surface area contributed by atoms with Crippen LogP contribution in [0.4, 0.5) is 0 Å². The largest absolute Gasteiger partial charge is 0.300 e. The van der Waals surface area contributed by atoms with Gasteiger partial charge in [-0.25, -0.2) is 0 Å². The van der Waals surface area contributed by atoms with E-state index in [0.717, 1.165) is 18.4 Å². The van der Waals surface area contributed by atoms with Gasteiger partial charge in [0.15, 0.2) is 0 Å². The highest BCUT2D eigenvalue weighted by Crippen LogP contribution is 2.19. The molecule has 12 heavy (non-hydrogen) atoms. The third-order valence-electron chi connectivity index (χ3n) is 1.93. The first-order valence-corrected chi connectivity index (χ1v) is 4.58. The van der Waals surface area contributed by atoms with Crippen molar-refractivity contribution in [3.8, 4) is 0 Å². The molecule has 0 fully saturated rings. The minimum absolute atomic E-state index is 0.197. The molecular weight excluding hydrogens is 148 g/mol. The van der Waals surface area contributed by atoms with Crippen molar-refractivity contribution in [2.24, 2.45) is 11.8 Å². The first kappa shape index (κ1) is 11.4. The van der Waals surface area contributed by atoms with Crippen LogP contribution in [0.25, 0.3) is 0 Å². The van der Waals surface area contributed by atoms with Crippen molar-refractivity contribution < 1.29 is 4.79 Å². The molecule has 0 aromatic rings. The number of hydrogen-bond donors (Lipinski definition) is 0. The van der Waals surface area contributed by atoms with Gasteiger partial charge in [-0.2, -0.15) is 0 Å². The number of ketones is 1. The predicted octanol–water partition coefficient (Wildman–Crippen LogP) is 3.20. The van der Waals surface area contributed by atoms with Crippen molar-refractivity contribution in [3.63, 3.8) is 0 Å².